The molecule has 0 aliphatic carbocycles. The van der Waals surface area contributed by atoms with Crippen LogP contribution in [-0.2, 0) is 20.3 Å². The predicted octanol–water partition coefficient (Wildman–Crippen LogP) is 3.13. The van der Waals surface area contributed by atoms with Crippen molar-refractivity contribution in [2.24, 2.45) is 19.8 Å². The van der Waals surface area contributed by atoms with E-state index in [9.17, 15) is 13.2 Å². The van der Waals surface area contributed by atoms with Crippen LogP contribution in [-0.4, -0.2) is 34.8 Å². The number of thioether (sulfide) groups is 1. The minimum Gasteiger partial charge on any atom is -0.387 e. The van der Waals surface area contributed by atoms with E-state index in [1.165, 1.54) is 18.0 Å². The number of imidazole rings is 2. The average molecular weight is 400 g/mol. The monoisotopic (exact) mass is 400 g/mol. The van der Waals surface area contributed by atoms with Crippen LogP contribution in [0.5, 0.6) is 0 Å². The molecule has 3 aromatic rings. The van der Waals surface area contributed by atoms with Gasteiger partial charge in [-0.15, -0.1) is 11.8 Å². The summed E-state index contributed by atoms with van der Waals surface area (Å²) in [6.07, 6.45) is -3.36. The highest BCUT2D eigenvalue weighted by atomic mass is 32.2. The molecule has 0 fully saturated rings. The summed E-state index contributed by atoms with van der Waals surface area (Å²) in [4.78, 5) is 12.5. The molecular formula is C15H15F3N6S2. The molecule has 2 N–H and O–H groups in total. The Bertz CT molecular complexity index is 1010. The van der Waals surface area contributed by atoms with Crippen molar-refractivity contribution in [3.8, 4) is 11.5 Å². The number of thiocarbonyl (C=S) groups is 1. The highest BCUT2D eigenvalue weighted by Gasteiger charge is 2.33. The first-order valence-corrected chi connectivity index (χ1v) is 8.93. The number of aryl methyl sites for hydroxylation is 1. The summed E-state index contributed by atoms with van der Waals surface area (Å²) in [5.74, 6) is 1.62. The van der Waals surface area contributed by atoms with Gasteiger partial charge in [0.1, 0.15) is 21.4 Å². The molecule has 0 saturated heterocycles. The topological polar surface area (TPSA) is 74.6 Å². The van der Waals surface area contributed by atoms with Gasteiger partial charge in [-0.05, 0) is 11.8 Å². The number of nitrogens with two attached hydrogens (primary N) is 1. The van der Waals surface area contributed by atoms with Gasteiger partial charge >= 0.3 is 6.18 Å². The molecule has 11 heteroatoms. The molecule has 6 nitrogen and oxygen atoms in total. The van der Waals surface area contributed by atoms with E-state index in [1.54, 1.807) is 23.2 Å². The van der Waals surface area contributed by atoms with Crippen molar-refractivity contribution in [2.45, 2.75) is 18.1 Å². The minimum absolute atomic E-state index is 0.136. The Morgan fingerprint density at radius 2 is 1.96 bits per heavy atom. The quantitative estimate of drug-likeness (QED) is 0.536. The Hall–Kier alpha value is -2.14. The van der Waals surface area contributed by atoms with Gasteiger partial charge in [0.15, 0.2) is 11.6 Å². The first kappa shape index (κ1) is 18.6. The first-order chi connectivity index (χ1) is 12.1. The van der Waals surface area contributed by atoms with Crippen LogP contribution in [0.4, 0.5) is 13.2 Å². The van der Waals surface area contributed by atoms with Gasteiger partial charge in [0.25, 0.3) is 0 Å². The van der Waals surface area contributed by atoms with Crippen molar-refractivity contribution >= 4 is 40.0 Å². The van der Waals surface area contributed by atoms with Crippen LogP contribution in [0.2, 0.25) is 0 Å². The molecule has 0 saturated carbocycles. The van der Waals surface area contributed by atoms with Crippen molar-refractivity contribution < 1.29 is 13.2 Å². The maximum atomic E-state index is 12.9. The van der Waals surface area contributed by atoms with Gasteiger partial charge in [-0.1, -0.05) is 19.1 Å². The SMILES string of the molecule is CCSc1c(-c2nc3cc(C(F)(F)F)ncc3n2C)nc(C(N)=S)n1C. The van der Waals surface area contributed by atoms with Crippen LogP contribution in [0.1, 0.15) is 18.4 Å². The van der Waals surface area contributed by atoms with Gasteiger partial charge in [0.2, 0.25) is 0 Å². The molecule has 26 heavy (non-hydrogen) atoms. The normalized spacial score (nSPS) is 12.1. The Labute approximate surface area is 156 Å². The zero-order chi connectivity index (χ0) is 19.2. The van der Waals surface area contributed by atoms with Crippen LogP contribution in [0, 0.1) is 0 Å². The summed E-state index contributed by atoms with van der Waals surface area (Å²) >= 11 is 6.56. The number of halogens is 3. The van der Waals surface area contributed by atoms with E-state index in [0.29, 0.717) is 22.9 Å². The third kappa shape index (κ3) is 3.05. The second kappa shape index (κ2) is 6.54. The maximum Gasteiger partial charge on any atom is 0.433 e. The molecule has 0 aliphatic rings. The van der Waals surface area contributed by atoms with Gasteiger partial charge in [0, 0.05) is 14.1 Å². The summed E-state index contributed by atoms with van der Waals surface area (Å²) in [6.45, 7) is 1.98. The number of alkyl halides is 3. The van der Waals surface area contributed by atoms with Crippen LogP contribution < -0.4 is 5.73 Å². The summed E-state index contributed by atoms with van der Waals surface area (Å²) in [7, 11) is 3.49. The molecule has 3 heterocycles. The van der Waals surface area contributed by atoms with E-state index in [1.807, 2.05) is 6.92 Å². The maximum absolute atomic E-state index is 12.9. The molecule has 0 bridgehead atoms. The van der Waals surface area contributed by atoms with Crippen LogP contribution in [0.15, 0.2) is 17.3 Å². The molecular weight excluding hydrogens is 385 g/mol. The number of nitrogens with zero attached hydrogens (tertiary/aromatic N) is 5. The standard InChI is InChI=1S/C15H15F3N6S2/c1-4-26-14-10(22-13(11(19)25)24(14)3)12-21-7-5-9(15(16,17)18)20-6-8(7)23(12)2/h5-6H,4H2,1-3H3,(H2,19,25). The Kier molecular flexibility index (Phi) is 4.69. The molecule has 138 valence electrons. The molecule has 0 atom stereocenters. The molecule has 3 rings (SSSR count). The van der Waals surface area contributed by atoms with E-state index >= 15 is 0 Å². The van der Waals surface area contributed by atoms with Crippen molar-refractivity contribution in [3.05, 3.63) is 23.8 Å². The second-order valence-electron chi connectivity index (χ2n) is 5.50. The zero-order valence-corrected chi connectivity index (χ0v) is 15.8. The number of rotatable bonds is 4. The highest BCUT2D eigenvalue weighted by molar-refractivity contribution is 7.99. The number of pyridine rings is 1. The second-order valence-corrected chi connectivity index (χ2v) is 7.19. The zero-order valence-electron chi connectivity index (χ0n) is 14.1. The predicted molar refractivity (Wildman–Crippen MR) is 98.0 cm³/mol. The summed E-state index contributed by atoms with van der Waals surface area (Å²) in [5, 5.41) is 0.790. The lowest BCUT2D eigenvalue weighted by atomic mass is 10.3. The molecule has 0 spiro atoms. The van der Waals surface area contributed by atoms with Gasteiger partial charge in [0.05, 0.1) is 17.2 Å². The van der Waals surface area contributed by atoms with E-state index in [0.717, 1.165) is 16.8 Å². The van der Waals surface area contributed by atoms with Gasteiger partial charge < -0.3 is 14.9 Å². The lowest BCUT2D eigenvalue weighted by Crippen LogP contribution is -2.15. The molecule has 0 unspecified atom stereocenters. The third-order valence-corrected chi connectivity index (χ3v) is 5.03. The first-order valence-electron chi connectivity index (χ1n) is 7.54. The molecule has 0 aromatic carbocycles. The molecule has 3 aromatic heterocycles. The summed E-state index contributed by atoms with van der Waals surface area (Å²) < 4.78 is 42.2. The van der Waals surface area contributed by atoms with Crippen molar-refractivity contribution in [1.29, 1.82) is 0 Å². The number of hydrogen-bond acceptors (Lipinski definition) is 5. The lowest BCUT2D eigenvalue weighted by Gasteiger charge is -2.05. The Balaban J connectivity index is 2.24. The van der Waals surface area contributed by atoms with Gasteiger partial charge in [-0.25, -0.2) is 15.0 Å². The molecule has 0 aliphatic heterocycles. The van der Waals surface area contributed by atoms with Crippen molar-refractivity contribution in [3.63, 3.8) is 0 Å². The Morgan fingerprint density at radius 1 is 1.27 bits per heavy atom. The number of fused-ring (bicyclic) bond motifs is 1. The van der Waals surface area contributed by atoms with Gasteiger partial charge in [-0.3, -0.25) is 0 Å². The van der Waals surface area contributed by atoms with Crippen LogP contribution >= 0.6 is 24.0 Å². The summed E-state index contributed by atoms with van der Waals surface area (Å²) in [6, 6.07) is 0.933. The fourth-order valence-corrected chi connectivity index (χ4v) is 3.62. The minimum atomic E-state index is -4.53. The van der Waals surface area contributed by atoms with Crippen molar-refractivity contribution in [2.75, 3.05) is 5.75 Å². The Morgan fingerprint density at radius 3 is 2.54 bits per heavy atom. The average Bonchev–Trinajstić information content (AvgIpc) is 3.05. The number of hydrogen-bond donors (Lipinski definition) is 1. The number of aromatic nitrogens is 5. The fraction of sp³-hybridized carbons (Fsp3) is 0.333. The molecule has 0 amide bonds. The van der Waals surface area contributed by atoms with Gasteiger partial charge in [-0.2, -0.15) is 13.2 Å². The fourth-order valence-electron chi connectivity index (χ4n) is 2.61. The van der Waals surface area contributed by atoms with Crippen LogP contribution in [0.3, 0.4) is 0 Å². The van der Waals surface area contributed by atoms with Crippen LogP contribution in [0.25, 0.3) is 22.6 Å². The van der Waals surface area contributed by atoms with E-state index in [2.05, 4.69) is 15.0 Å². The molecule has 0 radical (unpaired) electrons. The van der Waals surface area contributed by atoms with E-state index in [-0.39, 0.29) is 10.5 Å². The summed E-state index contributed by atoms with van der Waals surface area (Å²) in [5.41, 5.74) is 5.94. The van der Waals surface area contributed by atoms with Crippen molar-refractivity contribution in [1.82, 2.24) is 24.1 Å². The third-order valence-electron chi connectivity index (χ3n) is 3.81. The van der Waals surface area contributed by atoms with E-state index < -0.39 is 11.9 Å². The smallest absolute Gasteiger partial charge is 0.387 e. The van der Waals surface area contributed by atoms with E-state index in [4.69, 9.17) is 18.0 Å². The lowest BCUT2D eigenvalue weighted by molar-refractivity contribution is -0.141. The highest BCUT2D eigenvalue weighted by Crippen LogP contribution is 2.34. The largest absolute Gasteiger partial charge is 0.433 e.